The minimum absolute atomic E-state index is 1.06. The average molecular weight is 355 g/mol. The molecule has 2 aromatic heterocycles. The lowest BCUT2D eigenvalue weighted by Crippen LogP contribution is -2.31. The van der Waals surface area contributed by atoms with E-state index in [0.29, 0.717) is 0 Å². The number of fused-ring (bicyclic) bond motifs is 4. The van der Waals surface area contributed by atoms with E-state index in [1.165, 1.54) is 59.0 Å². The van der Waals surface area contributed by atoms with Crippen LogP contribution in [0.1, 0.15) is 29.7 Å². The second kappa shape index (κ2) is 7.16. The molecule has 3 heteroatoms. The summed E-state index contributed by atoms with van der Waals surface area (Å²) in [5, 5.41) is 2.72. The van der Waals surface area contributed by atoms with E-state index in [1.54, 1.807) is 0 Å². The van der Waals surface area contributed by atoms with Crippen LogP contribution in [-0.2, 0) is 19.4 Å². The first-order valence-electron chi connectivity index (χ1n) is 10.0. The number of nitrogens with one attached hydrogen (secondary N) is 1. The Kier molecular flexibility index (Phi) is 4.38. The van der Waals surface area contributed by atoms with Crippen LogP contribution in [0, 0.1) is 0 Å². The van der Waals surface area contributed by atoms with Crippen LogP contribution in [0.4, 0.5) is 0 Å². The van der Waals surface area contributed by atoms with Gasteiger partial charge in [0.2, 0.25) is 0 Å². The first-order valence-corrected chi connectivity index (χ1v) is 10.0. The highest BCUT2D eigenvalue weighted by molar-refractivity contribution is 5.85. The third-order valence-electron chi connectivity index (χ3n) is 5.87. The van der Waals surface area contributed by atoms with E-state index in [-0.39, 0.29) is 0 Å². The summed E-state index contributed by atoms with van der Waals surface area (Å²) >= 11 is 0. The van der Waals surface area contributed by atoms with E-state index >= 15 is 0 Å². The van der Waals surface area contributed by atoms with Gasteiger partial charge in [-0.05, 0) is 61.6 Å². The minimum Gasteiger partial charge on any atom is -0.357 e. The summed E-state index contributed by atoms with van der Waals surface area (Å²) in [6.07, 6.45) is 6.71. The van der Waals surface area contributed by atoms with E-state index in [0.717, 1.165) is 24.9 Å². The van der Waals surface area contributed by atoms with Gasteiger partial charge < -0.3 is 4.98 Å². The number of unbranched alkanes of at least 4 members (excludes halogenated alkanes) is 1. The molecule has 0 saturated carbocycles. The van der Waals surface area contributed by atoms with Gasteiger partial charge in [0.1, 0.15) is 0 Å². The molecular weight excluding hydrogens is 330 g/mol. The Morgan fingerprint density at radius 3 is 2.74 bits per heavy atom. The molecule has 4 aromatic rings. The van der Waals surface area contributed by atoms with Crippen LogP contribution < -0.4 is 0 Å². The van der Waals surface area contributed by atoms with Crippen molar-refractivity contribution < 1.29 is 0 Å². The fraction of sp³-hybridized carbons (Fsp3) is 0.292. The molecule has 0 spiro atoms. The summed E-state index contributed by atoms with van der Waals surface area (Å²) < 4.78 is 0. The summed E-state index contributed by atoms with van der Waals surface area (Å²) in [5.41, 5.74) is 6.77. The zero-order valence-corrected chi connectivity index (χ0v) is 15.6. The predicted molar refractivity (Wildman–Crippen MR) is 112 cm³/mol. The highest BCUT2D eigenvalue weighted by Gasteiger charge is 2.19. The summed E-state index contributed by atoms with van der Waals surface area (Å²) in [7, 11) is 0. The van der Waals surface area contributed by atoms with Crippen LogP contribution in [-0.4, -0.2) is 28.0 Å². The van der Waals surface area contributed by atoms with Gasteiger partial charge in [-0.2, -0.15) is 0 Å². The number of aromatic nitrogens is 2. The van der Waals surface area contributed by atoms with Crippen molar-refractivity contribution in [2.45, 2.75) is 32.2 Å². The van der Waals surface area contributed by atoms with Crippen molar-refractivity contribution in [2.75, 3.05) is 13.1 Å². The molecule has 0 bridgehead atoms. The zero-order chi connectivity index (χ0) is 18.1. The molecular formula is C24H25N3. The Morgan fingerprint density at radius 2 is 1.78 bits per heavy atom. The molecule has 0 atom stereocenters. The molecule has 5 rings (SSSR count). The maximum absolute atomic E-state index is 4.47. The van der Waals surface area contributed by atoms with Crippen molar-refractivity contribution in [3.05, 3.63) is 77.6 Å². The van der Waals surface area contributed by atoms with E-state index in [1.807, 2.05) is 6.20 Å². The molecule has 0 amide bonds. The number of benzene rings is 2. The summed E-state index contributed by atoms with van der Waals surface area (Å²) in [5.74, 6) is 0. The lowest BCUT2D eigenvalue weighted by atomic mass is 10.0. The van der Waals surface area contributed by atoms with Gasteiger partial charge in [-0.1, -0.05) is 36.4 Å². The Bertz CT molecular complexity index is 1070. The van der Waals surface area contributed by atoms with Crippen LogP contribution in [0.3, 0.4) is 0 Å². The highest BCUT2D eigenvalue weighted by Crippen LogP contribution is 2.27. The second-order valence-corrected chi connectivity index (χ2v) is 7.60. The van der Waals surface area contributed by atoms with Crippen molar-refractivity contribution in [2.24, 2.45) is 0 Å². The van der Waals surface area contributed by atoms with Crippen molar-refractivity contribution in [1.82, 2.24) is 14.9 Å². The molecule has 136 valence electrons. The van der Waals surface area contributed by atoms with Gasteiger partial charge in [-0.3, -0.25) is 9.88 Å². The fourth-order valence-electron chi connectivity index (χ4n) is 4.46. The topological polar surface area (TPSA) is 31.9 Å². The van der Waals surface area contributed by atoms with Gasteiger partial charge >= 0.3 is 0 Å². The monoisotopic (exact) mass is 355 g/mol. The fourth-order valence-corrected chi connectivity index (χ4v) is 4.46. The van der Waals surface area contributed by atoms with Gasteiger partial charge in [0.25, 0.3) is 0 Å². The number of pyridine rings is 1. The minimum atomic E-state index is 1.06. The largest absolute Gasteiger partial charge is 0.357 e. The molecule has 1 aliphatic rings. The number of hydrogen-bond acceptors (Lipinski definition) is 2. The predicted octanol–water partition coefficient (Wildman–Crippen LogP) is 5.10. The van der Waals surface area contributed by atoms with Crippen LogP contribution in [0.5, 0.6) is 0 Å². The molecule has 1 aliphatic heterocycles. The Labute approximate surface area is 160 Å². The van der Waals surface area contributed by atoms with Gasteiger partial charge in [0.05, 0.1) is 5.52 Å². The van der Waals surface area contributed by atoms with Crippen molar-refractivity contribution in [1.29, 1.82) is 0 Å². The van der Waals surface area contributed by atoms with Crippen molar-refractivity contribution in [3.63, 3.8) is 0 Å². The number of aromatic amines is 1. The molecule has 1 N–H and O–H groups in total. The zero-order valence-electron chi connectivity index (χ0n) is 15.6. The molecule has 3 nitrogen and oxygen atoms in total. The molecule has 0 saturated heterocycles. The molecule has 3 heterocycles. The SMILES string of the molecule is c1ccc2c(CCCCN3CCc4c([nH]c5ccccc45)C3)ccnc2c1. The first-order chi connectivity index (χ1) is 13.4. The molecule has 2 aromatic carbocycles. The molecule has 0 fully saturated rings. The second-order valence-electron chi connectivity index (χ2n) is 7.60. The van der Waals surface area contributed by atoms with Crippen LogP contribution >= 0.6 is 0 Å². The number of para-hydroxylation sites is 2. The molecule has 27 heavy (non-hydrogen) atoms. The van der Waals surface area contributed by atoms with E-state index in [9.17, 15) is 0 Å². The lowest BCUT2D eigenvalue weighted by Gasteiger charge is -2.26. The van der Waals surface area contributed by atoms with Crippen LogP contribution in [0.2, 0.25) is 0 Å². The van der Waals surface area contributed by atoms with Crippen molar-refractivity contribution >= 4 is 21.8 Å². The molecule has 0 radical (unpaired) electrons. The first kappa shape index (κ1) is 16.5. The standard InChI is InChI=1S/C24H25N3/c1-3-10-22-19(8-1)18(12-14-25-22)7-5-6-15-27-16-13-21-20-9-2-4-11-23(20)26-24(21)17-27/h1-4,8-12,14,26H,5-7,13,15-17H2. The Balaban J connectivity index is 1.19. The van der Waals surface area contributed by atoms with Gasteiger partial charge in [-0.25, -0.2) is 0 Å². The van der Waals surface area contributed by atoms with Gasteiger partial charge in [-0.15, -0.1) is 0 Å². The van der Waals surface area contributed by atoms with E-state index in [2.05, 4.69) is 69.5 Å². The molecule has 0 unspecified atom stereocenters. The maximum Gasteiger partial charge on any atom is 0.0704 e. The third kappa shape index (κ3) is 3.24. The maximum atomic E-state index is 4.47. The van der Waals surface area contributed by atoms with Gasteiger partial charge in [0, 0.05) is 41.3 Å². The number of rotatable bonds is 5. The number of hydrogen-bond donors (Lipinski definition) is 1. The van der Waals surface area contributed by atoms with E-state index in [4.69, 9.17) is 0 Å². The summed E-state index contributed by atoms with van der Waals surface area (Å²) in [4.78, 5) is 10.7. The average Bonchev–Trinajstić information content (AvgIpc) is 3.09. The van der Waals surface area contributed by atoms with Crippen molar-refractivity contribution in [3.8, 4) is 0 Å². The lowest BCUT2D eigenvalue weighted by molar-refractivity contribution is 0.247. The number of aryl methyl sites for hydroxylation is 1. The summed E-state index contributed by atoms with van der Waals surface area (Å²) in [6, 6.07) is 19.4. The van der Waals surface area contributed by atoms with E-state index < -0.39 is 0 Å². The quantitative estimate of drug-likeness (QED) is 0.505. The van der Waals surface area contributed by atoms with Crippen LogP contribution in [0.25, 0.3) is 21.8 Å². The van der Waals surface area contributed by atoms with Gasteiger partial charge in [0.15, 0.2) is 0 Å². The Morgan fingerprint density at radius 1 is 0.926 bits per heavy atom. The third-order valence-corrected chi connectivity index (χ3v) is 5.87. The number of nitrogens with zero attached hydrogens (tertiary/aromatic N) is 2. The highest BCUT2D eigenvalue weighted by atomic mass is 15.1. The summed E-state index contributed by atoms with van der Waals surface area (Å²) in [6.45, 7) is 3.41. The molecule has 0 aliphatic carbocycles. The normalized spacial score (nSPS) is 14.7. The number of H-pyrrole nitrogens is 1. The van der Waals surface area contributed by atoms with Crippen LogP contribution in [0.15, 0.2) is 60.8 Å². The smallest absolute Gasteiger partial charge is 0.0704 e. The Hall–Kier alpha value is -2.65.